The number of fused-ring (bicyclic) bond motifs is 1. The summed E-state index contributed by atoms with van der Waals surface area (Å²) in [5.74, 6) is 1.39. The van der Waals surface area contributed by atoms with E-state index >= 15 is 0 Å². The van der Waals surface area contributed by atoms with Crippen molar-refractivity contribution in [1.82, 2.24) is 9.99 Å². The van der Waals surface area contributed by atoms with Crippen LogP contribution in [-0.2, 0) is 4.79 Å². The van der Waals surface area contributed by atoms with Gasteiger partial charge in [-0.05, 0) is 48.4 Å². The van der Waals surface area contributed by atoms with Gasteiger partial charge in [-0.15, -0.1) is 0 Å². The summed E-state index contributed by atoms with van der Waals surface area (Å²) in [6.45, 7) is 3.52. The van der Waals surface area contributed by atoms with E-state index in [1.807, 2.05) is 49.4 Å². The van der Waals surface area contributed by atoms with E-state index in [4.69, 9.17) is 24.3 Å². The first-order valence-corrected chi connectivity index (χ1v) is 13.0. The quantitative estimate of drug-likeness (QED) is 0.257. The van der Waals surface area contributed by atoms with Crippen LogP contribution >= 0.6 is 15.9 Å². The maximum absolute atomic E-state index is 12.8. The summed E-state index contributed by atoms with van der Waals surface area (Å²) in [7, 11) is 4.72. The minimum atomic E-state index is -0.350. The highest BCUT2D eigenvalue weighted by atomic mass is 79.9. The standard InChI is InChI=1S/C30H28BrN3O4/c1-17-28(29(19-9-7-6-8-10-19)22-15-21(31)11-12-23(22)32-17)24-16-25(34(33-24)18(2)35)20-13-26(36-3)30(38-5)27(14-20)37-4/h6-15,25H,16H2,1-5H3. The van der Waals surface area contributed by atoms with Crippen LogP contribution in [0, 0.1) is 6.92 Å². The van der Waals surface area contributed by atoms with Crippen LogP contribution in [0.2, 0.25) is 0 Å². The second kappa shape index (κ2) is 10.5. The average molecular weight is 574 g/mol. The van der Waals surface area contributed by atoms with Crippen LogP contribution in [0.3, 0.4) is 0 Å². The molecule has 1 aromatic heterocycles. The molecular weight excluding hydrogens is 546 g/mol. The molecule has 2 heterocycles. The molecule has 1 atom stereocenters. The van der Waals surface area contributed by atoms with Gasteiger partial charge in [0.15, 0.2) is 11.5 Å². The van der Waals surface area contributed by atoms with Crippen molar-refractivity contribution >= 4 is 38.5 Å². The number of nitrogens with zero attached hydrogens (tertiary/aromatic N) is 3. The molecule has 194 valence electrons. The molecule has 1 amide bonds. The highest BCUT2D eigenvalue weighted by molar-refractivity contribution is 9.10. The van der Waals surface area contributed by atoms with Crippen LogP contribution in [0.15, 0.2) is 70.2 Å². The first-order valence-electron chi connectivity index (χ1n) is 12.2. The molecule has 8 heteroatoms. The minimum Gasteiger partial charge on any atom is -0.493 e. The number of benzene rings is 3. The zero-order valence-corrected chi connectivity index (χ0v) is 23.5. The van der Waals surface area contributed by atoms with Crippen LogP contribution in [0.5, 0.6) is 17.2 Å². The van der Waals surface area contributed by atoms with Crippen molar-refractivity contribution in [1.29, 1.82) is 0 Å². The number of ether oxygens (including phenoxy) is 3. The summed E-state index contributed by atoms with van der Waals surface area (Å²) in [5.41, 5.74) is 6.42. The van der Waals surface area contributed by atoms with E-state index < -0.39 is 0 Å². The second-order valence-electron chi connectivity index (χ2n) is 9.06. The normalized spacial score (nSPS) is 14.9. The third-order valence-electron chi connectivity index (χ3n) is 6.78. The molecule has 5 rings (SSSR count). The zero-order valence-electron chi connectivity index (χ0n) is 21.9. The molecule has 0 aliphatic carbocycles. The van der Waals surface area contributed by atoms with Crippen LogP contribution in [0.25, 0.3) is 22.0 Å². The Hall–Kier alpha value is -3.91. The summed E-state index contributed by atoms with van der Waals surface area (Å²) in [5, 5.41) is 7.43. The summed E-state index contributed by atoms with van der Waals surface area (Å²) in [4.78, 5) is 17.8. The molecule has 0 bridgehead atoms. The Morgan fingerprint density at radius 1 is 0.947 bits per heavy atom. The van der Waals surface area contributed by atoms with Gasteiger partial charge in [0.1, 0.15) is 0 Å². The Kier molecular flexibility index (Phi) is 7.08. The van der Waals surface area contributed by atoms with Gasteiger partial charge in [0.05, 0.1) is 38.6 Å². The van der Waals surface area contributed by atoms with E-state index in [9.17, 15) is 4.79 Å². The Morgan fingerprint density at radius 2 is 1.63 bits per heavy atom. The lowest BCUT2D eigenvalue weighted by Gasteiger charge is -2.22. The molecule has 0 radical (unpaired) electrons. The Labute approximate surface area is 230 Å². The molecule has 4 aromatic rings. The van der Waals surface area contributed by atoms with Gasteiger partial charge in [-0.1, -0.05) is 46.3 Å². The fourth-order valence-electron chi connectivity index (χ4n) is 5.12. The lowest BCUT2D eigenvalue weighted by molar-refractivity contribution is -0.130. The monoisotopic (exact) mass is 573 g/mol. The van der Waals surface area contributed by atoms with Crippen molar-refractivity contribution in [2.45, 2.75) is 26.3 Å². The average Bonchev–Trinajstić information content (AvgIpc) is 3.37. The molecule has 0 saturated heterocycles. The van der Waals surface area contributed by atoms with Gasteiger partial charge in [0.25, 0.3) is 0 Å². The molecule has 7 nitrogen and oxygen atoms in total. The number of hydrogen-bond acceptors (Lipinski definition) is 6. The molecule has 1 unspecified atom stereocenters. The molecule has 3 aromatic carbocycles. The van der Waals surface area contributed by atoms with Crippen molar-refractivity contribution in [2.75, 3.05) is 21.3 Å². The van der Waals surface area contributed by atoms with E-state index in [0.29, 0.717) is 23.7 Å². The molecular formula is C30H28BrN3O4. The summed E-state index contributed by atoms with van der Waals surface area (Å²) in [6.07, 6.45) is 0.500. The molecule has 0 fully saturated rings. The van der Waals surface area contributed by atoms with Gasteiger partial charge < -0.3 is 14.2 Å². The molecule has 1 aliphatic rings. The van der Waals surface area contributed by atoms with Crippen LogP contribution < -0.4 is 14.2 Å². The maximum atomic E-state index is 12.8. The number of aromatic nitrogens is 1. The van der Waals surface area contributed by atoms with Crippen molar-refractivity contribution in [2.24, 2.45) is 5.10 Å². The molecule has 0 saturated carbocycles. The fourth-order valence-corrected chi connectivity index (χ4v) is 5.48. The van der Waals surface area contributed by atoms with Gasteiger partial charge >= 0.3 is 0 Å². The molecule has 38 heavy (non-hydrogen) atoms. The van der Waals surface area contributed by atoms with E-state index in [1.165, 1.54) is 11.9 Å². The smallest absolute Gasteiger partial charge is 0.240 e. The number of hydrazone groups is 1. The first-order chi connectivity index (χ1) is 18.4. The van der Waals surface area contributed by atoms with Crippen molar-refractivity contribution in [3.63, 3.8) is 0 Å². The maximum Gasteiger partial charge on any atom is 0.240 e. The third-order valence-corrected chi connectivity index (χ3v) is 7.28. The summed E-state index contributed by atoms with van der Waals surface area (Å²) in [6, 6.07) is 19.7. The number of pyridine rings is 1. The highest BCUT2D eigenvalue weighted by Crippen LogP contribution is 2.44. The van der Waals surface area contributed by atoms with Crippen LogP contribution in [0.1, 0.15) is 36.2 Å². The SMILES string of the molecule is COc1cc(C2CC(c3c(C)nc4ccc(Br)cc4c3-c3ccccc3)=NN2C(C)=O)cc(OC)c1OC. The first kappa shape index (κ1) is 25.7. The number of amides is 1. The number of methoxy groups -OCH3 is 3. The molecule has 0 N–H and O–H groups in total. The van der Waals surface area contributed by atoms with Gasteiger partial charge in [-0.25, -0.2) is 5.01 Å². The largest absolute Gasteiger partial charge is 0.493 e. The van der Waals surface area contributed by atoms with E-state index in [1.54, 1.807) is 21.3 Å². The summed E-state index contributed by atoms with van der Waals surface area (Å²) < 4.78 is 17.6. The zero-order chi connectivity index (χ0) is 27.0. The lowest BCUT2D eigenvalue weighted by atomic mass is 9.89. The van der Waals surface area contributed by atoms with Gasteiger partial charge in [0.2, 0.25) is 11.7 Å². The second-order valence-corrected chi connectivity index (χ2v) is 9.98. The predicted octanol–water partition coefficient (Wildman–Crippen LogP) is 6.70. The fraction of sp³-hybridized carbons (Fsp3) is 0.233. The number of carbonyl (C=O) groups excluding carboxylic acids is 1. The number of rotatable bonds is 6. The van der Waals surface area contributed by atoms with E-state index in [2.05, 4.69) is 34.1 Å². The predicted molar refractivity (Wildman–Crippen MR) is 152 cm³/mol. The van der Waals surface area contributed by atoms with E-state index in [0.717, 1.165) is 49.0 Å². The number of carbonyl (C=O) groups is 1. The minimum absolute atomic E-state index is 0.158. The Balaban J connectivity index is 1.70. The van der Waals surface area contributed by atoms with Crippen molar-refractivity contribution in [3.05, 3.63) is 82.0 Å². The summed E-state index contributed by atoms with van der Waals surface area (Å²) >= 11 is 3.63. The number of aryl methyl sites for hydroxylation is 1. The highest BCUT2D eigenvalue weighted by Gasteiger charge is 2.35. The Morgan fingerprint density at radius 3 is 2.24 bits per heavy atom. The van der Waals surface area contributed by atoms with Gasteiger partial charge in [0, 0.05) is 40.0 Å². The molecule has 1 aliphatic heterocycles. The van der Waals surface area contributed by atoms with Crippen LogP contribution in [0.4, 0.5) is 0 Å². The number of halogens is 1. The van der Waals surface area contributed by atoms with Gasteiger partial charge in [-0.2, -0.15) is 5.10 Å². The topological polar surface area (TPSA) is 73.3 Å². The Bertz CT molecular complexity index is 1540. The van der Waals surface area contributed by atoms with Crippen LogP contribution in [-0.4, -0.2) is 42.9 Å². The van der Waals surface area contributed by atoms with Gasteiger partial charge in [-0.3, -0.25) is 9.78 Å². The van der Waals surface area contributed by atoms with Crippen molar-refractivity contribution in [3.8, 4) is 28.4 Å². The van der Waals surface area contributed by atoms with E-state index in [-0.39, 0.29) is 11.9 Å². The third kappa shape index (κ3) is 4.49. The lowest BCUT2D eigenvalue weighted by Crippen LogP contribution is -2.24. The molecule has 0 spiro atoms. The van der Waals surface area contributed by atoms with Crippen molar-refractivity contribution < 1.29 is 19.0 Å². The number of hydrogen-bond donors (Lipinski definition) is 0.